The zero-order valence-electron chi connectivity index (χ0n) is 9.70. The van der Waals surface area contributed by atoms with Crippen LogP contribution >= 0.6 is 23.2 Å². The number of amides is 1. The van der Waals surface area contributed by atoms with Crippen LogP contribution in [0.1, 0.15) is 25.8 Å². The quantitative estimate of drug-likeness (QED) is 0.615. The third kappa shape index (κ3) is 2.53. The molecule has 1 amide bonds. The number of carbonyl (C=O) groups excluding carboxylic acids is 1. The summed E-state index contributed by atoms with van der Waals surface area (Å²) >= 11 is 11.6. The molecule has 0 aromatic carbocycles. The minimum absolute atomic E-state index is 0.117. The number of likely N-dealkylation sites (tertiary alicyclic amines) is 1. The van der Waals surface area contributed by atoms with Gasteiger partial charge in [-0.05, 0) is 18.0 Å². The maximum Gasteiger partial charge on any atom is 0.228 e. The molecule has 0 N–H and O–H groups in total. The van der Waals surface area contributed by atoms with Gasteiger partial charge in [-0.15, -0.1) is 0 Å². The van der Waals surface area contributed by atoms with Crippen LogP contribution in [-0.2, 0) is 11.3 Å². The summed E-state index contributed by atoms with van der Waals surface area (Å²) in [5.41, 5.74) is 0.446. The summed E-state index contributed by atoms with van der Waals surface area (Å²) in [4.78, 5) is 21.5. The first-order valence-electron chi connectivity index (χ1n) is 5.36. The predicted molar refractivity (Wildman–Crippen MR) is 65.9 cm³/mol. The summed E-state index contributed by atoms with van der Waals surface area (Å²) < 4.78 is 0. The molecule has 4 nitrogen and oxygen atoms in total. The van der Waals surface area contributed by atoms with Crippen LogP contribution in [0.5, 0.6) is 0 Å². The number of nitrogens with zero attached hydrogens (tertiary/aromatic N) is 3. The Hall–Kier alpha value is -0.870. The molecule has 2 rings (SSSR count). The van der Waals surface area contributed by atoms with Gasteiger partial charge in [0.25, 0.3) is 0 Å². The van der Waals surface area contributed by atoms with Crippen molar-refractivity contribution < 1.29 is 4.79 Å². The lowest BCUT2D eigenvalue weighted by Crippen LogP contribution is -2.30. The highest BCUT2D eigenvalue weighted by atomic mass is 35.5. The standard InChI is InChI=1S/C11H13Cl2N3O/c1-11(2)3-4-16(9(11)17)6-7-5-14-10(13)15-8(7)12/h5H,3-4,6H2,1-2H3. The molecule has 1 fully saturated rings. The Labute approximate surface area is 110 Å². The van der Waals surface area contributed by atoms with Crippen molar-refractivity contribution in [1.29, 1.82) is 0 Å². The fourth-order valence-electron chi connectivity index (χ4n) is 1.88. The number of hydrogen-bond acceptors (Lipinski definition) is 3. The summed E-state index contributed by atoms with van der Waals surface area (Å²) in [5.74, 6) is 0.142. The SMILES string of the molecule is CC1(C)CCN(Cc2cnc(Cl)nc2Cl)C1=O. The van der Waals surface area contributed by atoms with Gasteiger partial charge >= 0.3 is 0 Å². The highest BCUT2D eigenvalue weighted by Gasteiger charge is 2.38. The second-order valence-electron chi connectivity index (χ2n) is 4.82. The van der Waals surface area contributed by atoms with Crippen LogP contribution in [-0.4, -0.2) is 27.3 Å². The van der Waals surface area contributed by atoms with Crippen LogP contribution < -0.4 is 0 Å². The van der Waals surface area contributed by atoms with E-state index in [2.05, 4.69) is 9.97 Å². The smallest absolute Gasteiger partial charge is 0.228 e. The number of hydrogen-bond donors (Lipinski definition) is 0. The van der Waals surface area contributed by atoms with E-state index in [4.69, 9.17) is 23.2 Å². The first-order valence-corrected chi connectivity index (χ1v) is 6.12. The summed E-state index contributed by atoms with van der Waals surface area (Å²) in [6, 6.07) is 0. The fourth-order valence-corrected chi connectivity index (χ4v) is 2.24. The number of carbonyl (C=O) groups is 1. The number of rotatable bonds is 2. The molecule has 1 aromatic rings. The van der Waals surface area contributed by atoms with Crippen molar-refractivity contribution in [2.75, 3.05) is 6.54 Å². The van der Waals surface area contributed by atoms with E-state index in [1.807, 2.05) is 13.8 Å². The second kappa shape index (κ2) is 4.42. The summed E-state index contributed by atoms with van der Waals surface area (Å²) in [7, 11) is 0. The molecule has 1 aliphatic heterocycles. The molecule has 0 spiro atoms. The molecule has 0 atom stereocenters. The molecule has 0 saturated carbocycles. The van der Waals surface area contributed by atoms with E-state index in [0.29, 0.717) is 11.7 Å². The average molecular weight is 274 g/mol. The Morgan fingerprint density at radius 2 is 2.18 bits per heavy atom. The van der Waals surface area contributed by atoms with Crippen molar-refractivity contribution in [3.63, 3.8) is 0 Å². The van der Waals surface area contributed by atoms with Gasteiger partial charge in [-0.2, -0.15) is 0 Å². The van der Waals surface area contributed by atoms with E-state index in [9.17, 15) is 4.79 Å². The Morgan fingerprint density at radius 3 is 2.71 bits per heavy atom. The average Bonchev–Trinajstić information content (AvgIpc) is 2.49. The molecule has 17 heavy (non-hydrogen) atoms. The van der Waals surface area contributed by atoms with Crippen molar-refractivity contribution in [2.45, 2.75) is 26.8 Å². The van der Waals surface area contributed by atoms with Crippen LogP contribution in [0.4, 0.5) is 0 Å². The van der Waals surface area contributed by atoms with E-state index in [1.54, 1.807) is 11.1 Å². The zero-order chi connectivity index (χ0) is 12.6. The van der Waals surface area contributed by atoms with Crippen LogP contribution in [0.25, 0.3) is 0 Å². The normalized spacial score (nSPS) is 18.8. The van der Waals surface area contributed by atoms with Crippen LogP contribution in [0, 0.1) is 5.41 Å². The molecule has 1 aliphatic rings. The Morgan fingerprint density at radius 1 is 1.47 bits per heavy atom. The lowest BCUT2D eigenvalue weighted by molar-refractivity contribution is -0.135. The van der Waals surface area contributed by atoms with Crippen LogP contribution in [0.15, 0.2) is 6.20 Å². The van der Waals surface area contributed by atoms with Crippen LogP contribution in [0.3, 0.4) is 0 Å². The van der Waals surface area contributed by atoms with Gasteiger partial charge in [0, 0.05) is 23.7 Å². The first kappa shape index (κ1) is 12.6. The molecule has 2 heterocycles. The van der Waals surface area contributed by atoms with Gasteiger partial charge in [0.1, 0.15) is 5.15 Å². The third-order valence-corrected chi connectivity index (χ3v) is 3.53. The van der Waals surface area contributed by atoms with Crippen molar-refractivity contribution in [1.82, 2.24) is 14.9 Å². The van der Waals surface area contributed by atoms with Gasteiger partial charge in [0.2, 0.25) is 11.2 Å². The molecule has 92 valence electrons. The van der Waals surface area contributed by atoms with Crippen molar-refractivity contribution in [3.8, 4) is 0 Å². The second-order valence-corrected chi connectivity index (χ2v) is 5.51. The number of halogens is 2. The third-order valence-electron chi connectivity index (χ3n) is 3.02. The predicted octanol–water partition coefficient (Wildman–Crippen LogP) is 2.54. The highest BCUT2D eigenvalue weighted by Crippen LogP contribution is 2.32. The van der Waals surface area contributed by atoms with E-state index in [0.717, 1.165) is 18.5 Å². The Kier molecular flexibility index (Phi) is 3.27. The lowest BCUT2D eigenvalue weighted by atomic mass is 9.92. The maximum absolute atomic E-state index is 12.0. The van der Waals surface area contributed by atoms with Gasteiger partial charge in [-0.25, -0.2) is 9.97 Å². The van der Waals surface area contributed by atoms with Gasteiger partial charge in [0.15, 0.2) is 0 Å². The molecule has 0 bridgehead atoms. The summed E-state index contributed by atoms with van der Waals surface area (Å²) in [5, 5.41) is 0.425. The molecular formula is C11H13Cl2N3O. The lowest BCUT2D eigenvalue weighted by Gasteiger charge is -2.19. The van der Waals surface area contributed by atoms with Gasteiger partial charge in [-0.1, -0.05) is 25.4 Å². The van der Waals surface area contributed by atoms with Crippen molar-refractivity contribution in [3.05, 3.63) is 22.2 Å². The van der Waals surface area contributed by atoms with Gasteiger partial charge in [0.05, 0.1) is 6.54 Å². The first-order chi connectivity index (χ1) is 7.90. The molecule has 0 aliphatic carbocycles. The van der Waals surface area contributed by atoms with E-state index < -0.39 is 0 Å². The summed E-state index contributed by atoms with van der Waals surface area (Å²) in [6.07, 6.45) is 2.42. The largest absolute Gasteiger partial charge is 0.338 e. The number of aromatic nitrogens is 2. The van der Waals surface area contributed by atoms with E-state index >= 15 is 0 Å². The molecule has 1 saturated heterocycles. The Bertz CT molecular complexity index is 462. The van der Waals surface area contributed by atoms with Gasteiger partial charge in [-0.3, -0.25) is 4.79 Å². The highest BCUT2D eigenvalue weighted by molar-refractivity contribution is 6.32. The van der Waals surface area contributed by atoms with E-state index in [1.165, 1.54) is 0 Å². The van der Waals surface area contributed by atoms with Crippen LogP contribution in [0.2, 0.25) is 10.4 Å². The Balaban J connectivity index is 2.15. The minimum atomic E-state index is -0.278. The molecule has 0 radical (unpaired) electrons. The monoisotopic (exact) mass is 273 g/mol. The minimum Gasteiger partial charge on any atom is -0.338 e. The van der Waals surface area contributed by atoms with Gasteiger partial charge < -0.3 is 4.90 Å². The molecule has 6 heteroatoms. The molecule has 1 aromatic heterocycles. The van der Waals surface area contributed by atoms with Crippen molar-refractivity contribution in [2.24, 2.45) is 5.41 Å². The molecule has 0 unspecified atom stereocenters. The van der Waals surface area contributed by atoms with Crippen molar-refractivity contribution >= 4 is 29.1 Å². The zero-order valence-corrected chi connectivity index (χ0v) is 11.2. The molecular weight excluding hydrogens is 261 g/mol. The maximum atomic E-state index is 12.0. The van der Waals surface area contributed by atoms with E-state index in [-0.39, 0.29) is 16.6 Å². The summed E-state index contributed by atoms with van der Waals surface area (Å²) in [6.45, 7) is 5.09. The fraction of sp³-hybridized carbons (Fsp3) is 0.545. The topological polar surface area (TPSA) is 46.1 Å².